The van der Waals surface area contributed by atoms with Crippen LogP contribution in [0.5, 0.6) is 12.0 Å². The fourth-order valence-corrected chi connectivity index (χ4v) is 3.32. The summed E-state index contributed by atoms with van der Waals surface area (Å²) in [5.41, 5.74) is 1.15. The van der Waals surface area contributed by atoms with Crippen molar-refractivity contribution < 1.29 is 24.2 Å². The number of nitrogens with zero attached hydrogens (tertiary/aromatic N) is 4. The molecule has 0 aliphatic carbocycles. The third-order valence-electron chi connectivity index (χ3n) is 4.29. The van der Waals surface area contributed by atoms with Crippen molar-refractivity contribution in [3.8, 4) is 12.0 Å². The van der Waals surface area contributed by atoms with Crippen molar-refractivity contribution in [1.82, 2.24) is 19.9 Å². The zero-order valence-electron chi connectivity index (χ0n) is 17.4. The molecule has 33 heavy (non-hydrogen) atoms. The maximum Gasteiger partial charge on any atom is 0.324 e. The van der Waals surface area contributed by atoms with Gasteiger partial charge in [0.25, 0.3) is 5.91 Å². The Kier molecular flexibility index (Phi) is 7.80. The zero-order chi connectivity index (χ0) is 24.0. The van der Waals surface area contributed by atoms with Gasteiger partial charge in [-0.2, -0.15) is 9.97 Å². The summed E-state index contributed by atoms with van der Waals surface area (Å²) in [5, 5.41) is 15.2. The molecule has 0 aliphatic heterocycles. The topological polar surface area (TPSA) is 148 Å². The van der Waals surface area contributed by atoms with Gasteiger partial charge < -0.3 is 25.2 Å². The molecule has 3 N–H and O–H groups in total. The van der Waals surface area contributed by atoms with Crippen LogP contribution in [0.1, 0.15) is 28.4 Å². The first kappa shape index (κ1) is 24.0. The molecule has 0 radical (unpaired) electrons. The Hall–Kier alpha value is -3.70. The Morgan fingerprint density at radius 3 is 2.09 bits per heavy atom. The molecule has 13 heteroatoms. The van der Waals surface area contributed by atoms with Gasteiger partial charge in [-0.1, -0.05) is 35.3 Å². The minimum absolute atomic E-state index is 0.00455. The molecule has 2 heterocycles. The number of ether oxygens (including phenoxy) is 2. The van der Waals surface area contributed by atoms with Gasteiger partial charge in [0.05, 0.1) is 42.3 Å². The number of carboxylic acid groups (broad SMARTS) is 1. The maximum atomic E-state index is 12.5. The Morgan fingerprint density at radius 2 is 1.58 bits per heavy atom. The molecule has 0 fully saturated rings. The number of benzene rings is 1. The second-order valence-corrected chi connectivity index (χ2v) is 7.30. The van der Waals surface area contributed by atoms with Crippen LogP contribution < -0.4 is 20.1 Å². The van der Waals surface area contributed by atoms with E-state index in [1.54, 1.807) is 24.3 Å². The van der Waals surface area contributed by atoms with E-state index in [1.807, 2.05) is 0 Å². The van der Waals surface area contributed by atoms with Crippen LogP contribution in [0.2, 0.25) is 10.0 Å². The summed E-state index contributed by atoms with van der Waals surface area (Å²) in [6.45, 7) is 0. The van der Waals surface area contributed by atoms with E-state index in [4.69, 9.17) is 32.7 Å². The predicted octanol–water partition coefficient (Wildman–Crippen LogP) is 3.47. The molecule has 3 aromatic rings. The number of amides is 1. The summed E-state index contributed by atoms with van der Waals surface area (Å²) >= 11 is 12.0. The summed E-state index contributed by atoms with van der Waals surface area (Å²) in [4.78, 5) is 39.8. The first-order chi connectivity index (χ1) is 15.8. The van der Waals surface area contributed by atoms with Crippen LogP contribution in [0.3, 0.4) is 0 Å². The van der Waals surface area contributed by atoms with Gasteiger partial charge in [-0.05, 0) is 17.7 Å². The van der Waals surface area contributed by atoms with Crippen LogP contribution in [-0.4, -0.2) is 51.1 Å². The first-order valence-corrected chi connectivity index (χ1v) is 10.1. The molecule has 0 spiro atoms. The summed E-state index contributed by atoms with van der Waals surface area (Å²) in [7, 11) is 2.76. The number of nitrogens with one attached hydrogen (secondary N) is 2. The molecule has 11 nitrogen and oxygen atoms in total. The highest BCUT2D eigenvalue weighted by molar-refractivity contribution is 6.40. The third-order valence-corrected chi connectivity index (χ3v) is 4.87. The minimum Gasteiger partial charge on any atom is -0.481 e. The SMILES string of the molecule is COc1nc(NC(CC(=O)O)c2ccc(NC(=O)c3c(Cl)cncc3Cl)cc2)nc(OC)n1. The van der Waals surface area contributed by atoms with E-state index in [0.29, 0.717) is 11.3 Å². The van der Waals surface area contributed by atoms with Crippen LogP contribution in [-0.2, 0) is 4.79 Å². The van der Waals surface area contributed by atoms with Crippen molar-refractivity contribution in [2.45, 2.75) is 12.5 Å². The molecule has 1 amide bonds. The van der Waals surface area contributed by atoms with Gasteiger partial charge in [0, 0.05) is 18.1 Å². The minimum atomic E-state index is -1.04. The van der Waals surface area contributed by atoms with Crippen molar-refractivity contribution in [2.75, 3.05) is 24.9 Å². The number of pyridine rings is 1. The van der Waals surface area contributed by atoms with Gasteiger partial charge in [-0.15, -0.1) is 4.98 Å². The Labute approximate surface area is 198 Å². The number of hydrogen-bond donors (Lipinski definition) is 3. The Balaban J connectivity index is 1.81. The number of halogens is 2. The van der Waals surface area contributed by atoms with Crippen molar-refractivity contribution >= 4 is 46.7 Å². The van der Waals surface area contributed by atoms with Crippen LogP contribution in [0.25, 0.3) is 0 Å². The fraction of sp³-hybridized carbons (Fsp3) is 0.200. The monoisotopic (exact) mass is 492 g/mol. The predicted molar refractivity (Wildman–Crippen MR) is 120 cm³/mol. The van der Waals surface area contributed by atoms with E-state index < -0.39 is 17.9 Å². The fourth-order valence-electron chi connectivity index (χ4n) is 2.79. The largest absolute Gasteiger partial charge is 0.481 e. The number of aromatic nitrogens is 4. The molecule has 3 rings (SSSR count). The van der Waals surface area contributed by atoms with Crippen LogP contribution >= 0.6 is 23.2 Å². The molecule has 172 valence electrons. The van der Waals surface area contributed by atoms with Crippen molar-refractivity contribution in [3.05, 3.63) is 57.8 Å². The smallest absolute Gasteiger partial charge is 0.324 e. The van der Waals surface area contributed by atoms with Gasteiger partial charge >= 0.3 is 18.0 Å². The quantitative estimate of drug-likeness (QED) is 0.405. The summed E-state index contributed by atoms with van der Waals surface area (Å²) in [5.74, 6) is -1.48. The number of hydrogen-bond acceptors (Lipinski definition) is 9. The summed E-state index contributed by atoms with van der Waals surface area (Å²) < 4.78 is 10.0. The maximum absolute atomic E-state index is 12.5. The van der Waals surface area contributed by atoms with E-state index in [1.165, 1.54) is 26.6 Å². The number of carboxylic acids is 1. The number of carbonyl (C=O) groups excluding carboxylic acids is 1. The summed E-state index contributed by atoms with van der Waals surface area (Å²) in [6.07, 6.45) is 2.36. The molecule has 1 aromatic carbocycles. The normalized spacial score (nSPS) is 11.4. The summed E-state index contributed by atoms with van der Waals surface area (Å²) in [6, 6.07) is 5.84. The Morgan fingerprint density at radius 1 is 1.00 bits per heavy atom. The van der Waals surface area contributed by atoms with Gasteiger partial charge in [0.2, 0.25) is 5.95 Å². The standard InChI is InChI=1S/C20H18Cl2N6O5/c1-32-19-26-18(27-20(28-19)33-2)25-14(7-15(29)30)10-3-5-11(6-4-10)24-17(31)16-12(21)8-23-9-13(16)22/h3-6,8-9,14H,7H2,1-2H3,(H,24,31)(H,29,30)(H,25,26,27,28). The lowest BCUT2D eigenvalue weighted by Gasteiger charge is -2.18. The zero-order valence-corrected chi connectivity index (χ0v) is 18.9. The van der Waals surface area contributed by atoms with Crippen LogP contribution in [0, 0.1) is 0 Å². The van der Waals surface area contributed by atoms with Crippen LogP contribution in [0.15, 0.2) is 36.7 Å². The average Bonchev–Trinajstić information content (AvgIpc) is 2.78. The molecule has 2 aromatic heterocycles. The molecule has 1 atom stereocenters. The number of rotatable bonds is 9. The lowest BCUT2D eigenvalue weighted by Crippen LogP contribution is -2.18. The molecular formula is C20H18Cl2N6O5. The van der Waals surface area contributed by atoms with E-state index in [2.05, 4.69) is 30.6 Å². The molecule has 0 aliphatic rings. The molecule has 0 saturated heterocycles. The third kappa shape index (κ3) is 6.18. The van der Waals surface area contributed by atoms with Crippen molar-refractivity contribution in [3.63, 3.8) is 0 Å². The van der Waals surface area contributed by atoms with Gasteiger partial charge in [0.1, 0.15) is 0 Å². The highest BCUT2D eigenvalue weighted by Gasteiger charge is 2.19. The van der Waals surface area contributed by atoms with Gasteiger partial charge in [0.15, 0.2) is 0 Å². The lowest BCUT2D eigenvalue weighted by molar-refractivity contribution is -0.137. The first-order valence-electron chi connectivity index (χ1n) is 9.33. The number of aliphatic carboxylic acids is 1. The van der Waals surface area contributed by atoms with E-state index in [9.17, 15) is 14.7 Å². The highest BCUT2D eigenvalue weighted by Crippen LogP contribution is 2.26. The average molecular weight is 493 g/mol. The van der Waals surface area contributed by atoms with Crippen molar-refractivity contribution in [1.29, 1.82) is 0 Å². The number of carbonyl (C=O) groups is 2. The van der Waals surface area contributed by atoms with Gasteiger partial charge in [-0.3, -0.25) is 14.6 Å². The van der Waals surface area contributed by atoms with Gasteiger partial charge in [-0.25, -0.2) is 0 Å². The van der Waals surface area contributed by atoms with E-state index >= 15 is 0 Å². The Bertz CT molecular complexity index is 1120. The number of anilines is 2. The second kappa shape index (κ2) is 10.7. The van der Waals surface area contributed by atoms with Crippen molar-refractivity contribution in [2.24, 2.45) is 0 Å². The second-order valence-electron chi connectivity index (χ2n) is 6.48. The number of methoxy groups -OCH3 is 2. The molecule has 1 unspecified atom stereocenters. The molecular weight excluding hydrogens is 475 g/mol. The van der Waals surface area contributed by atoms with E-state index in [-0.39, 0.29) is 40.0 Å². The lowest BCUT2D eigenvalue weighted by atomic mass is 10.0. The molecule has 0 bridgehead atoms. The highest BCUT2D eigenvalue weighted by atomic mass is 35.5. The van der Waals surface area contributed by atoms with E-state index in [0.717, 1.165) is 0 Å². The van der Waals surface area contributed by atoms with Crippen LogP contribution in [0.4, 0.5) is 11.6 Å². The molecule has 0 saturated carbocycles.